The fourth-order valence-corrected chi connectivity index (χ4v) is 3.11. The summed E-state index contributed by atoms with van der Waals surface area (Å²) in [4.78, 5) is 26.4. The van der Waals surface area contributed by atoms with Gasteiger partial charge in [0.1, 0.15) is 5.82 Å². The fourth-order valence-electron chi connectivity index (χ4n) is 3.11. The number of hydrogen-bond acceptors (Lipinski definition) is 6. The van der Waals surface area contributed by atoms with Gasteiger partial charge in [0, 0.05) is 44.8 Å². The van der Waals surface area contributed by atoms with Crippen LogP contribution in [0.2, 0.25) is 0 Å². The number of nitrogens with one attached hydrogen (secondary N) is 1. The Kier molecular flexibility index (Phi) is 6.92. The molecule has 0 unspecified atom stereocenters. The molecular formula is C22H24N4O4. The molecule has 0 aliphatic rings. The van der Waals surface area contributed by atoms with Crippen LogP contribution in [0, 0.1) is 10.1 Å². The number of ether oxygens (including phenoxy) is 1. The number of fused-ring (bicyclic) bond motifs is 1. The van der Waals surface area contributed by atoms with Crippen LogP contribution in [0.4, 0.5) is 5.69 Å². The molecule has 3 aromatic rings. The minimum atomic E-state index is -0.409. The highest BCUT2D eigenvalue weighted by Crippen LogP contribution is 2.21. The standard InChI is InChI=1S/C22H24N4O4/c1-3-30-22(27)11-8-16-4-6-17(7-5-16)15-23-13-12-21-24-19-14-18(26(28)29)9-10-20(19)25(21)2/h4-11,14,23H,3,12-13,15H2,1-2H3. The quantitative estimate of drug-likeness (QED) is 0.192. The van der Waals surface area contributed by atoms with E-state index in [0.717, 1.165) is 29.0 Å². The molecule has 1 N–H and O–H groups in total. The molecular weight excluding hydrogens is 384 g/mol. The monoisotopic (exact) mass is 408 g/mol. The molecule has 8 nitrogen and oxygen atoms in total. The molecule has 0 atom stereocenters. The van der Waals surface area contributed by atoms with Gasteiger partial charge in [0.15, 0.2) is 0 Å². The van der Waals surface area contributed by atoms with Crippen molar-refractivity contribution in [3.63, 3.8) is 0 Å². The summed E-state index contributed by atoms with van der Waals surface area (Å²) in [6.45, 7) is 3.57. The van der Waals surface area contributed by atoms with Crippen LogP contribution in [0.5, 0.6) is 0 Å². The van der Waals surface area contributed by atoms with E-state index >= 15 is 0 Å². The Morgan fingerprint density at radius 2 is 2.03 bits per heavy atom. The maximum absolute atomic E-state index is 11.3. The SMILES string of the molecule is CCOC(=O)C=Cc1ccc(CNCCc2nc3cc([N+](=O)[O-])ccc3n2C)cc1. The maximum atomic E-state index is 11.3. The first-order chi connectivity index (χ1) is 14.5. The number of carbonyl (C=O) groups excluding carboxylic acids is 1. The lowest BCUT2D eigenvalue weighted by Crippen LogP contribution is -2.18. The van der Waals surface area contributed by atoms with Gasteiger partial charge in [-0.2, -0.15) is 0 Å². The number of hydrogen-bond donors (Lipinski definition) is 1. The number of imidazole rings is 1. The Morgan fingerprint density at radius 3 is 2.73 bits per heavy atom. The van der Waals surface area contributed by atoms with Crippen LogP contribution in [0.25, 0.3) is 17.1 Å². The van der Waals surface area contributed by atoms with Gasteiger partial charge in [-0.1, -0.05) is 24.3 Å². The number of carbonyl (C=O) groups is 1. The van der Waals surface area contributed by atoms with Crippen molar-refractivity contribution in [1.29, 1.82) is 0 Å². The van der Waals surface area contributed by atoms with E-state index in [2.05, 4.69) is 10.3 Å². The Morgan fingerprint density at radius 1 is 1.27 bits per heavy atom. The predicted molar refractivity (Wildman–Crippen MR) is 115 cm³/mol. The molecule has 30 heavy (non-hydrogen) atoms. The first-order valence-corrected chi connectivity index (χ1v) is 9.72. The summed E-state index contributed by atoms with van der Waals surface area (Å²) >= 11 is 0. The Balaban J connectivity index is 1.52. The average Bonchev–Trinajstić information content (AvgIpc) is 3.05. The van der Waals surface area contributed by atoms with E-state index < -0.39 is 4.92 Å². The van der Waals surface area contributed by atoms with Gasteiger partial charge in [0.2, 0.25) is 0 Å². The largest absolute Gasteiger partial charge is 0.463 e. The number of rotatable bonds is 9. The van der Waals surface area contributed by atoms with E-state index in [-0.39, 0.29) is 11.7 Å². The number of aryl methyl sites for hydroxylation is 1. The van der Waals surface area contributed by atoms with Gasteiger partial charge in [-0.25, -0.2) is 9.78 Å². The summed E-state index contributed by atoms with van der Waals surface area (Å²) in [5, 5.41) is 14.3. The van der Waals surface area contributed by atoms with Crippen molar-refractivity contribution < 1.29 is 14.5 Å². The molecule has 0 radical (unpaired) electrons. The van der Waals surface area contributed by atoms with E-state index in [1.165, 1.54) is 18.2 Å². The van der Waals surface area contributed by atoms with Crippen molar-refractivity contribution >= 4 is 28.8 Å². The van der Waals surface area contributed by atoms with Crippen molar-refractivity contribution in [3.05, 3.63) is 75.6 Å². The Hall–Kier alpha value is -3.52. The number of nitrogens with zero attached hydrogens (tertiary/aromatic N) is 3. The normalized spacial score (nSPS) is 11.3. The highest BCUT2D eigenvalue weighted by molar-refractivity contribution is 5.87. The molecule has 8 heteroatoms. The predicted octanol–water partition coefficient (Wildman–Crippen LogP) is 3.39. The van der Waals surface area contributed by atoms with Crippen LogP contribution in [-0.4, -0.2) is 33.6 Å². The second kappa shape index (κ2) is 9.80. The molecule has 0 spiro atoms. The number of nitro groups is 1. The van der Waals surface area contributed by atoms with Crippen molar-refractivity contribution in [2.45, 2.75) is 19.9 Å². The zero-order valence-corrected chi connectivity index (χ0v) is 17.0. The molecule has 0 bridgehead atoms. The topological polar surface area (TPSA) is 99.3 Å². The van der Waals surface area contributed by atoms with Crippen molar-refractivity contribution in [2.75, 3.05) is 13.2 Å². The molecule has 0 saturated heterocycles. The van der Waals surface area contributed by atoms with Crippen molar-refractivity contribution in [2.24, 2.45) is 7.05 Å². The van der Waals surface area contributed by atoms with E-state index in [1.54, 1.807) is 19.1 Å². The molecule has 1 aromatic heterocycles. The van der Waals surface area contributed by atoms with Crippen LogP contribution in [0.15, 0.2) is 48.5 Å². The zero-order valence-electron chi connectivity index (χ0n) is 17.0. The number of benzene rings is 2. The highest BCUT2D eigenvalue weighted by Gasteiger charge is 2.12. The lowest BCUT2D eigenvalue weighted by atomic mass is 10.1. The summed E-state index contributed by atoms with van der Waals surface area (Å²) in [6, 6.07) is 12.6. The van der Waals surface area contributed by atoms with Gasteiger partial charge in [-0.15, -0.1) is 0 Å². The second-order valence-electron chi connectivity index (χ2n) is 6.77. The summed E-state index contributed by atoms with van der Waals surface area (Å²) in [5.74, 6) is 0.525. The van der Waals surface area contributed by atoms with E-state index in [1.807, 2.05) is 35.9 Å². The smallest absolute Gasteiger partial charge is 0.330 e. The third-order valence-corrected chi connectivity index (χ3v) is 4.70. The molecule has 0 aliphatic carbocycles. The van der Waals surface area contributed by atoms with Gasteiger partial charge in [-0.3, -0.25) is 10.1 Å². The van der Waals surface area contributed by atoms with Crippen molar-refractivity contribution in [1.82, 2.24) is 14.9 Å². The van der Waals surface area contributed by atoms with Crippen LogP contribution < -0.4 is 5.32 Å². The molecule has 0 saturated carbocycles. The molecule has 156 valence electrons. The van der Waals surface area contributed by atoms with Gasteiger partial charge < -0.3 is 14.6 Å². The van der Waals surface area contributed by atoms with Crippen molar-refractivity contribution in [3.8, 4) is 0 Å². The van der Waals surface area contributed by atoms with Crippen LogP contribution in [0.1, 0.15) is 23.9 Å². The Bertz CT molecular complexity index is 1070. The third-order valence-electron chi connectivity index (χ3n) is 4.70. The number of aromatic nitrogens is 2. The van der Waals surface area contributed by atoms with Gasteiger partial charge >= 0.3 is 5.97 Å². The molecule has 3 rings (SSSR count). The van der Waals surface area contributed by atoms with E-state index in [0.29, 0.717) is 25.1 Å². The molecule has 0 aliphatic heterocycles. The molecule has 0 amide bonds. The summed E-state index contributed by atoms with van der Waals surface area (Å²) in [5.41, 5.74) is 3.62. The minimum absolute atomic E-state index is 0.0471. The van der Waals surface area contributed by atoms with Gasteiger partial charge in [0.25, 0.3) is 5.69 Å². The Labute approximate surface area is 174 Å². The lowest BCUT2D eigenvalue weighted by Gasteiger charge is -2.06. The van der Waals surface area contributed by atoms with E-state index in [9.17, 15) is 14.9 Å². The van der Waals surface area contributed by atoms with Crippen LogP contribution in [-0.2, 0) is 29.5 Å². The van der Waals surface area contributed by atoms with Crippen LogP contribution in [0.3, 0.4) is 0 Å². The molecule has 1 heterocycles. The zero-order chi connectivity index (χ0) is 21.5. The number of nitro benzene ring substituents is 1. The summed E-state index contributed by atoms with van der Waals surface area (Å²) in [7, 11) is 1.92. The fraction of sp³-hybridized carbons (Fsp3) is 0.273. The first kappa shape index (κ1) is 21.2. The lowest BCUT2D eigenvalue weighted by molar-refractivity contribution is -0.384. The van der Waals surface area contributed by atoms with Crippen LogP contribution >= 0.6 is 0 Å². The molecule has 0 fully saturated rings. The second-order valence-corrected chi connectivity index (χ2v) is 6.77. The maximum Gasteiger partial charge on any atom is 0.330 e. The third kappa shape index (κ3) is 5.30. The minimum Gasteiger partial charge on any atom is -0.463 e. The summed E-state index contributed by atoms with van der Waals surface area (Å²) in [6.07, 6.45) is 3.85. The number of esters is 1. The van der Waals surface area contributed by atoms with Gasteiger partial charge in [-0.05, 0) is 30.2 Å². The first-order valence-electron chi connectivity index (χ1n) is 9.72. The number of non-ortho nitro benzene ring substituents is 1. The average molecular weight is 408 g/mol. The van der Waals surface area contributed by atoms with E-state index in [4.69, 9.17) is 4.74 Å². The summed E-state index contributed by atoms with van der Waals surface area (Å²) < 4.78 is 6.82. The van der Waals surface area contributed by atoms with Gasteiger partial charge in [0.05, 0.1) is 22.6 Å². The molecule has 2 aromatic carbocycles. The highest BCUT2D eigenvalue weighted by atomic mass is 16.6.